The molecule has 0 aliphatic carbocycles. The molecule has 0 aromatic heterocycles. The Morgan fingerprint density at radius 3 is 2.56 bits per heavy atom. The van der Waals surface area contributed by atoms with E-state index in [2.05, 4.69) is 0 Å². The van der Waals surface area contributed by atoms with Gasteiger partial charge in [0.15, 0.2) is 0 Å². The van der Waals surface area contributed by atoms with Gasteiger partial charge in [-0.3, -0.25) is 4.79 Å². The van der Waals surface area contributed by atoms with Gasteiger partial charge in [-0.05, 0) is 24.3 Å². The molecule has 2 nitrogen and oxygen atoms in total. The number of amides is 1. The Hall–Kier alpha value is -1.37. The minimum absolute atomic E-state index is 0.347. The zero-order valence-corrected chi connectivity index (χ0v) is 15.0. The molecule has 1 aliphatic heterocycles. The number of rotatable bonds is 2. The summed E-state index contributed by atoms with van der Waals surface area (Å²) in [6.45, 7) is 0.347. The van der Waals surface area contributed by atoms with Gasteiger partial charge >= 0.3 is 6.18 Å². The highest BCUT2D eigenvalue weighted by Crippen LogP contribution is 2.43. The minimum atomic E-state index is -4.59. The first kappa shape index (κ1) is 18.4. The number of hydrogen-bond donors (Lipinski definition) is 0. The topological polar surface area (TPSA) is 20.3 Å². The normalized spacial score (nSPS) is 17.8. The van der Waals surface area contributed by atoms with Crippen LogP contribution in [-0.2, 0) is 6.18 Å². The van der Waals surface area contributed by atoms with E-state index in [0.717, 1.165) is 6.07 Å². The molecule has 132 valence electrons. The highest BCUT2D eigenvalue weighted by molar-refractivity contribution is 7.99. The first-order chi connectivity index (χ1) is 11.8. The van der Waals surface area contributed by atoms with E-state index < -0.39 is 23.0 Å². The lowest BCUT2D eigenvalue weighted by atomic mass is 10.1. The van der Waals surface area contributed by atoms with Gasteiger partial charge in [0.1, 0.15) is 5.37 Å². The fraction of sp³-hybridized carbons (Fsp3) is 0.235. The third-order valence-electron chi connectivity index (χ3n) is 3.84. The second-order valence-electron chi connectivity index (χ2n) is 5.43. The molecule has 0 saturated carbocycles. The molecular weight excluding hydrogens is 394 g/mol. The van der Waals surface area contributed by atoms with Crippen LogP contribution in [0.15, 0.2) is 42.5 Å². The third kappa shape index (κ3) is 3.76. The van der Waals surface area contributed by atoms with E-state index in [1.165, 1.54) is 34.9 Å². The van der Waals surface area contributed by atoms with Crippen molar-refractivity contribution in [2.24, 2.45) is 0 Å². The first-order valence-electron chi connectivity index (χ1n) is 7.33. The molecule has 2 aromatic carbocycles. The molecule has 0 radical (unpaired) electrons. The molecule has 1 fully saturated rings. The maximum absolute atomic E-state index is 13.2. The Morgan fingerprint density at radius 1 is 1.16 bits per heavy atom. The second-order valence-corrected chi connectivity index (χ2v) is 7.46. The molecule has 2 aromatic rings. The van der Waals surface area contributed by atoms with Gasteiger partial charge in [0.2, 0.25) is 0 Å². The van der Waals surface area contributed by atoms with Crippen molar-refractivity contribution >= 4 is 40.9 Å². The van der Waals surface area contributed by atoms with Gasteiger partial charge in [0.25, 0.3) is 5.91 Å². The third-order valence-corrected chi connectivity index (χ3v) is 5.65. The fourth-order valence-electron chi connectivity index (χ4n) is 2.71. The highest BCUT2D eigenvalue weighted by atomic mass is 35.5. The number of carbonyl (C=O) groups is 1. The molecule has 1 saturated heterocycles. The predicted octanol–water partition coefficient (Wildman–Crippen LogP) is 5.90. The molecule has 25 heavy (non-hydrogen) atoms. The fourth-order valence-corrected chi connectivity index (χ4v) is 4.58. The summed E-state index contributed by atoms with van der Waals surface area (Å²) < 4.78 is 39.6. The van der Waals surface area contributed by atoms with Crippen LogP contribution in [0.2, 0.25) is 10.0 Å². The Kier molecular flexibility index (Phi) is 5.23. The summed E-state index contributed by atoms with van der Waals surface area (Å²) in [6, 6.07) is 9.72. The van der Waals surface area contributed by atoms with E-state index in [-0.39, 0.29) is 5.56 Å². The molecule has 0 N–H and O–H groups in total. The van der Waals surface area contributed by atoms with Crippen molar-refractivity contribution in [2.75, 3.05) is 12.3 Å². The maximum Gasteiger partial charge on any atom is 0.417 e. The van der Waals surface area contributed by atoms with E-state index in [4.69, 9.17) is 23.2 Å². The number of carbonyl (C=O) groups excluding carboxylic acids is 1. The van der Waals surface area contributed by atoms with Crippen LogP contribution in [0.4, 0.5) is 13.2 Å². The van der Waals surface area contributed by atoms with Crippen molar-refractivity contribution in [2.45, 2.75) is 11.6 Å². The summed E-state index contributed by atoms with van der Waals surface area (Å²) in [5.41, 5.74) is -0.628. The Bertz CT molecular complexity index is 813. The lowest BCUT2D eigenvalue weighted by Gasteiger charge is -2.26. The van der Waals surface area contributed by atoms with Crippen LogP contribution in [0, 0.1) is 0 Å². The van der Waals surface area contributed by atoms with Crippen molar-refractivity contribution in [3.8, 4) is 0 Å². The summed E-state index contributed by atoms with van der Waals surface area (Å²) >= 11 is 13.6. The lowest BCUT2D eigenvalue weighted by Crippen LogP contribution is -2.32. The van der Waals surface area contributed by atoms with Gasteiger partial charge < -0.3 is 4.90 Å². The van der Waals surface area contributed by atoms with Crippen molar-refractivity contribution in [3.63, 3.8) is 0 Å². The van der Waals surface area contributed by atoms with Gasteiger partial charge in [-0.15, -0.1) is 11.8 Å². The van der Waals surface area contributed by atoms with Gasteiger partial charge in [-0.25, -0.2) is 0 Å². The predicted molar refractivity (Wildman–Crippen MR) is 94.1 cm³/mol. The van der Waals surface area contributed by atoms with Crippen LogP contribution >= 0.6 is 35.0 Å². The largest absolute Gasteiger partial charge is 0.417 e. The molecule has 1 amide bonds. The summed E-state index contributed by atoms with van der Waals surface area (Å²) in [6.07, 6.45) is -4.59. The van der Waals surface area contributed by atoms with E-state index in [0.29, 0.717) is 27.9 Å². The number of thioether (sulfide) groups is 1. The molecule has 1 atom stereocenters. The zero-order chi connectivity index (χ0) is 18.2. The molecule has 1 heterocycles. The molecule has 1 unspecified atom stereocenters. The lowest BCUT2D eigenvalue weighted by molar-refractivity contribution is -0.138. The number of halogens is 5. The summed E-state index contributed by atoms with van der Waals surface area (Å²) in [4.78, 5) is 14.2. The van der Waals surface area contributed by atoms with Gasteiger partial charge in [-0.1, -0.05) is 41.4 Å². The maximum atomic E-state index is 13.2. The molecule has 1 aliphatic rings. The van der Waals surface area contributed by atoms with Gasteiger partial charge in [-0.2, -0.15) is 13.2 Å². The summed E-state index contributed by atoms with van der Waals surface area (Å²) in [5, 5.41) is 0.393. The number of alkyl halides is 3. The minimum Gasteiger partial charge on any atom is -0.322 e. The summed E-state index contributed by atoms with van der Waals surface area (Å²) in [5.74, 6) is -0.0438. The van der Waals surface area contributed by atoms with Crippen LogP contribution in [0.5, 0.6) is 0 Å². The van der Waals surface area contributed by atoms with Gasteiger partial charge in [0.05, 0.1) is 11.1 Å². The molecule has 8 heteroatoms. The van der Waals surface area contributed by atoms with Crippen LogP contribution in [0.25, 0.3) is 0 Å². The zero-order valence-electron chi connectivity index (χ0n) is 12.7. The van der Waals surface area contributed by atoms with Gasteiger partial charge in [0, 0.05) is 27.9 Å². The van der Waals surface area contributed by atoms with Crippen LogP contribution in [0.3, 0.4) is 0 Å². The molecule has 3 rings (SSSR count). The Labute approximate surface area is 156 Å². The van der Waals surface area contributed by atoms with Crippen LogP contribution in [-0.4, -0.2) is 23.1 Å². The molecule has 0 bridgehead atoms. The highest BCUT2D eigenvalue weighted by Gasteiger charge is 2.39. The SMILES string of the molecule is O=C(c1ccccc1C(F)(F)F)N1CCSC1c1ccc(Cl)cc1Cl. The summed E-state index contributed by atoms with van der Waals surface area (Å²) in [7, 11) is 0. The Morgan fingerprint density at radius 2 is 1.88 bits per heavy atom. The number of hydrogen-bond acceptors (Lipinski definition) is 2. The van der Waals surface area contributed by atoms with Crippen molar-refractivity contribution < 1.29 is 18.0 Å². The van der Waals surface area contributed by atoms with E-state index in [1.54, 1.807) is 18.2 Å². The van der Waals surface area contributed by atoms with Crippen molar-refractivity contribution in [3.05, 3.63) is 69.2 Å². The quantitative estimate of drug-likeness (QED) is 0.619. The molecular formula is C17H12Cl2F3NOS. The van der Waals surface area contributed by atoms with Crippen molar-refractivity contribution in [1.82, 2.24) is 4.90 Å². The molecule has 0 spiro atoms. The number of nitrogens with zero attached hydrogens (tertiary/aromatic N) is 1. The smallest absolute Gasteiger partial charge is 0.322 e. The average Bonchev–Trinajstić information content (AvgIpc) is 3.02. The second kappa shape index (κ2) is 7.09. The van der Waals surface area contributed by atoms with Crippen LogP contribution in [0.1, 0.15) is 26.9 Å². The van der Waals surface area contributed by atoms with E-state index in [9.17, 15) is 18.0 Å². The first-order valence-corrected chi connectivity index (χ1v) is 9.13. The Balaban J connectivity index is 1.97. The average molecular weight is 406 g/mol. The van der Waals surface area contributed by atoms with E-state index >= 15 is 0 Å². The monoisotopic (exact) mass is 405 g/mol. The van der Waals surface area contributed by atoms with E-state index in [1.807, 2.05) is 0 Å². The van der Waals surface area contributed by atoms with Crippen molar-refractivity contribution in [1.29, 1.82) is 0 Å². The number of benzene rings is 2. The van der Waals surface area contributed by atoms with Crippen LogP contribution < -0.4 is 0 Å². The standard InChI is InChI=1S/C17H12Cl2F3NOS/c18-10-5-6-12(14(19)9-10)16-23(7-8-25-16)15(24)11-3-1-2-4-13(11)17(20,21)22/h1-6,9,16H,7-8H2.